The second-order valence-corrected chi connectivity index (χ2v) is 6.61. The number of rotatable bonds is 7. The highest BCUT2D eigenvalue weighted by Gasteiger charge is 2.34. The molecule has 30 heavy (non-hydrogen) atoms. The van der Waals surface area contributed by atoms with E-state index in [1.54, 1.807) is 6.92 Å². The van der Waals surface area contributed by atoms with Crippen molar-refractivity contribution in [3.63, 3.8) is 0 Å². The van der Waals surface area contributed by atoms with E-state index in [9.17, 15) is 18.0 Å². The fourth-order valence-electron chi connectivity index (χ4n) is 3.05. The molecule has 158 valence electrons. The monoisotopic (exact) mass is 419 g/mol. The van der Waals surface area contributed by atoms with Crippen LogP contribution in [-0.4, -0.2) is 33.2 Å². The molecule has 3 rings (SSSR count). The smallest absolute Gasteiger partial charge is 0.416 e. The molecular weight excluding hydrogens is 399 g/mol. The number of aromatic nitrogens is 4. The molecule has 1 unspecified atom stereocenters. The van der Waals surface area contributed by atoms with E-state index < -0.39 is 23.7 Å². The highest BCUT2D eigenvalue weighted by Crippen LogP contribution is 2.34. The van der Waals surface area contributed by atoms with Crippen molar-refractivity contribution in [3.05, 3.63) is 71.0 Å². The van der Waals surface area contributed by atoms with E-state index in [1.807, 2.05) is 30.3 Å². The molecule has 1 atom stereocenters. The summed E-state index contributed by atoms with van der Waals surface area (Å²) in [6.07, 6.45) is -4.29. The lowest BCUT2D eigenvalue weighted by molar-refractivity contribution is -0.138. The molecule has 0 radical (unpaired) electrons. The molecule has 10 heteroatoms. The molecule has 1 N–H and O–H groups in total. The Morgan fingerprint density at radius 3 is 2.53 bits per heavy atom. The van der Waals surface area contributed by atoms with E-state index in [4.69, 9.17) is 4.74 Å². The summed E-state index contributed by atoms with van der Waals surface area (Å²) in [7, 11) is 1.29. The second-order valence-electron chi connectivity index (χ2n) is 6.61. The van der Waals surface area contributed by atoms with Crippen LogP contribution >= 0.6 is 0 Å². The van der Waals surface area contributed by atoms with Gasteiger partial charge >= 0.3 is 6.18 Å². The molecule has 0 aliphatic heterocycles. The molecule has 0 fully saturated rings. The number of hydrogen-bond donors (Lipinski definition) is 1. The van der Waals surface area contributed by atoms with Gasteiger partial charge in [0.25, 0.3) is 0 Å². The molecule has 0 aliphatic rings. The summed E-state index contributed by atoms with van der Waals surface area (Å²) in [5, 5.41) is 13.8. The maximum Gasteiger partial charge on any atom is 0.416 e. The SMILES string of the molecule is COc1ccc(CNC(=O)C(Cc2ccccc2)n2nnnc2C)c(C(F)(F)F)c1. The predicted octanol–water partition coefficient (Wildman–Crippen LogP) is 3.11. The molecule has 1 amide bonds. The second kappa shape index (κ2) is 8.93. The third-order valence-electron chi connectivity index (χ3n) is 4.60. The van der Waals surface area contributed by atoms with Gasteiger partial charge in [-0.05, 0) is 40.6 Å². The third kappa shape index (κ3) is 4.94. The zero-order chi connectivity index (χ0) is 21.7. The summed E-state index contributed by atoms with van der Waals surface area (Å²) < 4.78 is 46.5. The van der Waals surface area contributed by atoms with E-state index in [1.165, 1.54) is 23.9 Å². The van der Waals surface area contributed by atoms with Crippen molar-refractivity contribution in [1.29, 1.82) is 0 Å². The number of amides is 1. The van der Waals surface area contributed by atoms with Gasteiger partial charge in [-0.2, -0.15) is 13.2 Å². The van der Waals surface area contributed by atoms with Crippen LogP contribution in [0, 0.1) is 6.92 Å². The number of methoxy groups -OCH3 is 1. The van der Waals surface area contributed by atoms with Gasteiger partial charge in [-0.25, -0.2) is 4.68 Å². The van der Waals surface area contributed by atoms with E-state index in [-0.39, 0.29) is 24.3 Å². The van der Waals surface area contributed by atoms with Crippen molar-refractivity contribution in [3.8, 4) is 5.75 Å². The Balaban J connectivity index is 1.82. The van der Waals surface area contributed by atoms with Gasteiger partial charge in [-0.3, -0.25) is 4.79 Å². The topological polar surface area (TPSA) is 81.9 Å². The van der Waals surface area contributed by atoms with Gasteiger partial charge in [-0.1, -0.05) is 36.4 Å². The van der Waals surface area contributed by atoms with E-state index >= 15 is 0 Å². The van der Waals surface area contributed by atoms with Crippen LogP contribution in [-0.2, 0) is 23.9 Å². The Hall–Kier alpha value is -3.43. The number of alkyl halides is 3. The van der Waals surface area contributed by atoms with E-state index in [0.717, 1.165) is 11.6 Å². The van der Waals surface area contributed by atoms with Crippen molar-refractivity contribution in [2.24, 2.45) is 0 Å². The Kier molecular flexibility index (Phi) is 6.34. The summed E-state index contributed by atoms with van der Waals surface area (Å²) in [6, 6.07) is 12.0. The predicted molar refractivity (Wildman–Crippen MR) is 102 cm³/mol. The Bertz CT molecular complexity index is 1010. The van der Waals surface area contributed by atoms with Gasteiger partial charge in [0, 0.05) is 13.0 Å². The lowest BCUT2D eigenvalue weighted by Gasteiger charge is -2.19. The number of carbonyl (C=O) groups is 1. The first-order valence-electron chi connectivity index (χ1n) is 9.10. The number of nitrogens with one attached hydrogen (secondary N) is 1. The van der Waals surface area contributed by atoms with Gasteiger partial charge in [0.15, 0.2) is 0 Å². The standard InChI is InChI=1S/C20H20F3N5O2/c1-13-25-26-27-28(13)18(10-14-6-4-3-5-7-14)19(29)24-12-15-8-9-16(30-2)11-17(15)20(21,22)23/h3-9,11,18H,10,12H2,1-2H3,(H,24,29). The normalized spacial score (nSPS) is 12.4. The van der Waals surface area contributed by atoms with Crippen LogP contribution in [0.2, 0.25) is 0 Å². The van der Waals surface area contributed by atoms with Gasteiger partial charge in [-0.15, -0.1) is 5.10 Å². The van der Waals surface area contributed by atoms with Crippen molar-refractivity contribution in [1.82, 2.24) is 25.5 Å². The number of hydrogen-bond acceptors (Lipinski definition) is 5. The molecule has 0 saturated heterocycles. The van der Waals surface area contributed by atoms with Gasteiger partial charge < -0.3 is 10.1 Å². The van der Waals surface area contributed by atoms with Crippen molar-refractivity contribution >= 4 is 5.91 Å². The van der Waals surface area contributed by atoms with E-state index in [2.05, 4.69) is 20.8 Å². The number of carbonyl (C=O) groups excluding carboxylic acids is 1. The fraction of sp³-hybridized carbons (Fsp3) is 0.300. The maximum atomic E-state index is 13.4. The van der Waals surface area contributed by atoms with E-state index in [0.29, 0.717) is 5.82 Å². The highest BCUT2D eigenvalue weighted by atomic mass is 19.4. The van der Waals surface area contributed by atoms with Crippen LogP contribution in [0.15, 0.2) is 48.5 Å². The summed E-state index contributed by atoms with van der Waals surface area (Å²) in [6.45, 7) is 1.35. The first-order valence-corrected chi connectivity index (χ1v) is 9.10. The summed E-state index contributed by atoms with van der Waals surface area (Å²) in [4.78, 5) is 12.9. The number of aryl methyl sites for hydroxylation is 1. The number of ether oxygens (including phenoxy) is 1. The first kappa shape index (κ1) is 21.3. The third-order valence-corrected chi connectivity index (χ3v) is 4.60. The maximum absolute atomic E-state index is 13.4. The molecule has 1 aromatic heterocycles. The average Bonchev–Trinajstić information content (AvgIpc) is 3.15. The molecule has 3 aromatic rings. The lowest BCUT2D eigenvalue weighted by atomic mass is 10.0. The van der Waals surface area contributed by atoms with Crippen LogP contribution in [0.4, 0.5) is 13.2 Å². The molecule has 1 heterocycles. The van der Waals surface area contributed by atoms with Crippen molar-refractivity contribution in [2.45, 2.75) is 32.1 Å². The fourth-order valence-corrected chi connectivity index (χ4v) is 3.05. The number of benzene rings is 2. The highest BCUT2D eigenvalue weighted by molar-refractivity contribution is 5.80. The Morgan fingerprint density at radius 1 is 1.20 bits per heavy atom. The Labute approximate surface area is 170 Å². The van der Waals surface area contributed by atoms with Gasteiger partial charge in [0.2, 0.25) is 5.91 Å². The van der Waals surface area contributed by atoms with Crippen LogP contribution in [0.3, 0.4) is 0 Å². The van der Waals surface area contributed by atoms with Crippen molar-refractivity contribution < 1.29 is 22.7 Å². The van der Waals surface area contributed by atoms with Crippen LogP contribution in [0.25, 0.3) is 0 Å². The van der Waals surface area contributed by atoms with Crippen molar-refractivity contribution in [2.75, 3.05) is 7.11 Å². The Morgan fingerprint density at radius 2 is 1.93 bits per heavy atom. The number of halogens is 3. The molecule has 7 nitrogen and oxygen atoms in total. The molecule has 0 saturated carbocycles. The minimum atomic E-state index is -4.58. The van der Waals surface area contributed by atoms with Crippen LogP contribution < -0.4 is 10.1 Å². The van der Waals surface area contributed by atoms with Gasteiger partial charge in [0.05, 0.1) is 12.7 Å². The zero-order valence-electron chi connectivity index (χ0n) is 16.3. The molecular formula is C20H20F3N5O2. The first-order chi connectivity index (χ1) is 14.3. The lowest BCUT2D eigenvalue weighted by Crippen LogP contribution is -2.35. The molecule has 2 aromatic carbocycles. The van der Waals surface area contributed by atoms with Crippen LogP contribution in [0.5, 0.6) is 5.75 Å². The van der Waals surface area contributed by atoms with Crippen LogP contribution in [0.1, 0.15) is 28.6 Å². The molecule has 0 aliphatic carbocycles. The minimum Gasteiger partial charge on any atom is -0.497 e. The quantitative estimate of drug-likeness (QED) is 0.637. The number of nitrogens with zero attached hydrogens (tertiary/aromatic N) is 4. The summed E-state index contributed by atoms with van der Waals surface area (Å²) in [5.74, 6) is 0.0216. The molecule has 0 spiro atoms. The number of tetrazole rings is 1. The largest absolute Gasteiger partial charge is 0.497 e. The summed E-state index contributed by atoms with van der Waals surface area (Å²) in [5.41, 5.74) is -0.0584. The average molecular weight is 419 g/mol. The molecule has 0 bridgehead atoms. The minimum absolute atomic E-state index is 0.0662. The summed E-state index contributed by atoms with van der Waals surface area (Å²) >= 11 is 0. The zero-order valence-corrected chi connectivity index (χ0v) is 16.3. The van der Waals surface area contributed by atoms with Gasteiger partial charge in [0.1, 0.15) is 17.6 Å².